The van der Waals surface area contributed by atoms with Crippen molar-refractivity contribution in [1.82, 2.24) is 4.05 Å². The monoisotopic (exact) mass is 280 g/mol. The Morgan fingerprint density at radius 3 is 2.17 bits per heavy atom. The molecular formula is C12H10Cl2N4. The number of aryl methyl sites for hydroxylation is 1. The highest BCUT2D eigenvalue weighted by atomic mass is 35.5. The molecule has 0 saturated heterocycles. The fourth-order valence-corrected chi connectivity index (χ4v) is 1.56. The van der Waals surface area contributed by atoms with Crippen molar-refractivity contribution < 1.29 is 0 Å². The smallest absolute Gasteiger partial charge is 0.147 e. The van der Waals surface area contributed by atoms with Gasteiger partial charge in [-0.25, -0.2) is 0 Å². The van der Waals surface area contributed by atoms with E-state index in [2.05, 4.69) is 0 Å². The third-order valence-corrected chi connectivity index (χ3v) is 2.59. The van der Waals surface area contributed by atoms with Crippen LogP contribution in [0.15, 0.2) is 36.0 Å². The number of rotatable bonds is 4. The maximum atomic E-state index is 8.71. The highest BCUT2D eigenvalue weighted by Gasteiger charge is 2.11. The summed E-state index contributed by atoms with van der Waals surface area (Å²) in [6, 6.07) is 10.9. The van der Waals surface area contributed by atoms with Gasteiger partial charge in [-0.1, -0.05) is 19.1 Å². The number of allylic oxidation sites excluding steroid dienone is 1. The lowest BCUT2D eigenvalue weighted by atomic mass is 10.1. The molecule has 0 fully saturated rings. The lowest BCUT2D eigenvalue weighted by Crippen LogP contribution is -2.24. The first kappa shape index (κ1) is 14.3. The number of nitrogens with zero attached hydrogens (tertiary/aromatic N) is 4. The Hall–Kier alpha value is -1.72. The van der Waals surface area contributed by atoms with Gasteiger partial charge in [-0.05, 0) is 28.2 Å². The molecule has 0 N–H and O–H groups in total. The van der Waals surface area contributed by atoms with Gasteiger partial charge in [-0.3, -0.25) is 5.01 Å². The maximum absolute atomic E-state index is 8.71. The average molecular weight is 281 g/mol. The minimum absolute atomic E-state index is 0.0964. The van der Waals surface area contributed by atoms with Crippen LogP contribution in [0.4, 0.5) is 5.69 Å². The van der Waals surface area contributed by atoms with Crippen LogP contribution < -0.4 is 5.01 Å². The molecule has 1 aromatic rings. The van der Waals surface area contributed by atoms with Gasteiger partial charge in [0.1, 0.15) is 17.7 Å². The highest BCUT2D eigenvalue weighted by molar-refractivity contribution is 6.34. The third-order valence-electron chi connectivity index (χ3n) is 2.26. The van der Waals surface area contributed by atoms with Gasteiger partial charge in [0.15, 0.2) is 0 Å². The number of nitriles is 2. The Kier molecular flexibility index (Phi) is 5.48. The molecule has 0 aromatic heterocycles. The van der Waals surface area contributed by atoms with E-state index in [1.807, 2.05) is 19.1 Å². The van der Waals surface area contributed by atoms with Gasteiger partial charge in [0.2, 0.25) is 0 Å². The lowest BCUT2D eigenvalue weighted by molar-refractivity contribution is 0.713. The van der Waals surface area contributed by atoms with E-state index in [1.165, 1.54) is 16.8 Å². The van der Waals surface area contributed by atoms with E-state index in [4.69, 9.17) is 34.1 Å². The molecule has 0 amide bonds. The predicted molar refractivity (Wildman–Crippen MR) is 71.2 cm³/mol. The second-order valence-electron chi connectivity index (χ2n) is 3.35. The first-order chi connectivity index (χ1) is 8.62. The number of anilines is 1. The number of hydrogen-bond acceptors (Lipinski definition) is 4. The summed E-state index contributed by atoms with van der Waals surface area (Å²) in [7, 11) is 0. The minimum Gasteiger partial charge on any atom is -0.251 e. The van der Waals surface area contributed by atoms with Crippen molar-refractivity contribution in [3.05, 3.63) is 41.6 Å². The van der Waals surface area contributed by atoms with Crippen LogP contribution in [0, 0.1) is 22.7 Å². The van der Waals surface area contributed by atoms with Crippen LogP contribution in [-0.2, 0) is 6.42 Å². The van der Waals surface area contributed by atoms with E-state index in [1.54, 1.807) is 24.3 Å². The van der Waals surface area contributed by atoms with Crippen LogP contribution in [-0.4, -0.2) is 4.05 Å². The van der Waals surface area contributed by atoms with E-state index in [-0.39, 0.29) is 5.57 Å². The number of benzene rings is 1. The van der Waals surface area contributed by atoms with Gasteiger partial charge in [-0.15, -0.1) is 0 Å². The van der Waals surface area contributed by atoms with E-state index in [9.17, 15) is 0 Å². The summed E-state index contributed by atoms with van der Waals surface area (Å²) in [4.78, 5) is 0. The Balaban J connectivity index is 3.10. The van der Waals surface area contributed by atoms with Crippen molar-refractivity contribution in [2.45, 2.75) is 13.3 Å². The molecule has 4 nitrogen and oxygen atoms in total. The third kappa shape index (κ3) is 3.65. The van der Waals surface area contributed by atoms with Gasteiger partial charge in [0, 0.05) is 23.6 Å². The lowest BCUT2D eigenvalue weighted by Gasteiger charge is -2.22. The summed E-state index contributed by atoms with van der Waals surface area (Å²) >= 11 is 11.3. The quantitative estimate of drug-likeness (QED) is 0.481. The fraction of sp³-hybridized carbons (Fsp3) is 0.167. The molecule has 1 rings (SSSR count). The van der Waals surface area contributed by atoms with E-state index >= 15 is 0 Å². The Labute approximate surface area is 116 Å². The van der Waals surface area contributed by atoms with Crippen molar-refractivity contribution in [2.75, 3.05) is 5.01 Å². The summed E-state index contributed by atoms with van der Waals surface area (Å²) in [5.41, 5.74) is 1.72. The van der Waals surface area contributed by atoms with E-state index in [0.717, 1.165) is 10.5 Å². The molecule has 0 spiro atoms. The second kappa shape index (κ2) is 6.88. The molecule has 0 aliphatic rings. The zero-order chi connectivity index (χ0) is 13.5. The highest BCUT2D eigenvalue weighted by Crippen LogP contribution is 2.22. The van der Waals surface area contributed by atoms with Gasteiger partial charge in [-0.2, -0.15) is 10.5 Å². The molecule has 0 radical (unpaired) electrons. The van der Waals surface area contributed by atoms with Crippen LogP contribution in [0.25, 0.3) is 0 Å². The summed E-state index contributed by atoms with van der Waals surface area (Å²) in [5, 5.41) is 18.7. The molecule has 1 aromatic carbocycles. The average Bonchev–Trinajstić information content (AvgIpc) is 2.40. The fourth-order valence-electron chi connectivity index (χ4n) is 1.29. The Bertz CT molecular complexity index is 492. The first-order valence-electron chi connectivity index (χ1n) is 5.14. The normalized spacial score (nSPS) is 9.44. The molecule has 6 heteroatoms. The predicted octanol–water partition coefficient (Wildman–Crippen LogP) is 3.51. The van der Waals surface area contributed by atoms with Crippen molar-refractivity contribution in [3.63, 3.8) is 0 Å². The van der Waals surface area contributed by atoms with E-state index < -0.39 is 0 Å². The molecule has 18 heavy (non-hydrogen) atoms. The van der Waals surface area contributed by atoms with Crippen LogP contribution in [0.5, 0.6) is 0 Å². The van der Waals surface area contributed by atoms with Crippen LogP contribution in [0.2, 0.25) is 0 Å². The summed E-state index contributed by atoms with van der Waals surface area (Å²) in [5.74, 6) is 0. The van der Waals surface area contributed by atoms with Crippen molar-refractivity contribution in [2.24, 2.45) is 0 Å². The van der Waals surface area contributed by atoms with Crippen molar-refractivity contribution in [3.8, 4) is 12.1 Å². The molecular weight excluding hydrogens is 271 g/mol. The molecule has 0 aliphatic carbocycles. The number of hydrogen-bond donors (Lipinski definition) is 0. The minimum atomic E-state index is -0.0964. The summed E-state index contributed by atoms with van der Waals surface area (Å²) in [6.45, 7) is 2.05. The molecule has 0 saturated carbocycles. The summed E-state index contributed by atoms with van der Waals surface area (Å²) < 4.78 is 0.760. The van der Waals surface area contributed by atoms with Crippen LogP contribution in [0.3, 0.4) is 0 Å². The molecule has 0 aliphatic heterocycles. The van der Waals surface area contributed by atoms with Gasteiger partial charge in [0.05, 0.1) is 11.9 Å². The van der Waals surface area contributed by atoms with Crippen molar-refractivity contribution in [1.29, 1.82) is 10.5 Å². The van der Waals surface area contributed by atoms with Gasteiger partial charge in [0.25, 0.3) is 0 Å². The van der Waals surface area contributed by atoms with E-state index in [0.29, 0.717) is 5.69 Å². The summed E-state index contributed by atoms with van der Waals surface area (Å²) in [6.07, 6.45) is 2.18. The largest absolute Gasteiger partial charge is 0.251 e. The molecule has 0 heterocycles. The molecule has 0 atom stereocenters. The zero-order valence-corrected chi connectivity index (χ0v) is 11.2. The molecule has 92 valence electrons. The standard InChI is InChI=1S/C12H10Cl2N4/c1-2-10-3-5-12(6-4-10)17(18(13)14)9-11(7-15)8-16/h3-6,9H,2H2,1H3. The SMILES string of the molecule is CCc1ccc(N(C=C(C#N)C#N)N(Cl)Cl)cc1. The van der Waals surface area contributed by atoms with Gasteiger partial charge < -0.3 is 0 Å². The topological polar surface area (TPSA) is 54.1 Å². The maximum Gasteiger partial charge on any atom is 0.147 e. The second-order valence-corrected chi connectivity index (χ2v) is 4.16. The number of halogens is 2. The Morgan fingerprint density at radius 2 is 1.78 bits per heavy atom. The molecule has 0 bridgehead atoms. The van der Waals surface area contributed by atoms with Gasteiger partial charge >= 0.3 is 0 Å². The van der Waals surface area contributed by atoms with Crippen molar-refractivity contribution >= 4 is 29.2 Å². The number of hydrazine groups is 1. The molecule has 0 unspecified atom stereocenters. The zero-order valence-electron chi connectivity index (χ0n) is 9.64. The van der Waals surface area contributed by atoms with Crippen LogP contribution in [0.1, 0.15) is 12.5 Å². The van der Waals surface area contributed by atoms with Crippen LogP contribution >= 0.6 is 23.6 Å². The first-order valence-corrected chi connectivity index (χ1v) is 5.81. The Morgan fingerprint density at radius 1 is 1.22 bits per heavy atom.